The zero-order valence-electron chi connectivity index (χ0n) is 8.91. The molecule has 0 radical (unpaired) electrons. The number of para-hydroxylation sites is 1. The lowest BCUT2D eigenvalue weighted by molar-refractivity contribution is -0.384. The lowest BCUT2D eigenvalue weighted by Gasteiger charge is -1.98. The fourth-order valence-electron chi connectivity index (χ4n) is 1.41. The first-order valence-corrected chi connectivity index (χ1v) is 5.68. The molecule has 0 fully saturated rings. The summed E-state index contributed by atoms with van der Waals surface area (Å²) in [5.41, 5.74) is 0.890. The molecule has 86 valence electrons. The van der Waals surface area contributed by atoms with Gasteiger partial charge in [-0.1, -0.05) is 12.1 Å². The molecule has 0 amide bonds. The van der Waals surface area contributed by atoms with E-state index in [-0.39, 0.29) is 11.5 Å². The predicted molar refractivity (Wildman–Crippen MR) is 64.2 cm³/mol. The van der Waals surface area contributed by atoms with Crippen LogP contribution in [0.15, 0.2) is 29.6 Å². The lowest BCUT2D eigenvalue weighted by Crippen LogP contribution is -1.93. The van der Waals surface area contributed by atoms with Crippen LogP contribution in [-0.4, -0.2) is 15.7 Å². The number of hydrogen-bond donors (Lipinski definition) is 0. The molecule has 1 heterocycles. The SMILES string of the molecule is CC(=O)c1nc(-c2ccccc2[N+](=O)[O-])cs1. The third-order valence-corrected chi connectivity index (χ3v) is 3.13. The first-order chi connectivity index (χ1) is 8.09. The van der Waals surface area contributed by atoms with Gasteiger partial charge in [0.25, 0.3) is 5.69 Å². The zero-order chi connectivity index (χ0) is 12.4. The Morgan fingerprint density at radius 3 is 2.71 bits per heavy atom. The maximum Gasteiger partial charge on any atom is 0.278 e. The second kappa shape index (κ2) is 4.42. The average molecular weight is 248 g/mol. The van der Waals surface area contributed by atoms with Gasteiger partial charge in [-0.3, -0.25) is 14.9 Å². The molecule has 0 saturated carbocycles. The van der Waals surface area contributed by atoms with Gasteiger partial charge in [0.05, 0.1) is 16.2 Å². The Labute approximate surface area is 101 Å². The van der Waals surface area contributed by atoms with Crippen LogP contribution in [0.25, 0.3) is 11.3 Å². The molecule has 0 spiro atoms. The van der Waals surface area contributed by atoms with Crippen molar-refractivity contribution >= 4 is 22.8 Å². The molecule has 5 nitrogen and oxygen atoms in total. The van der Waals surface area contributed by atoms with Gasteiger partial charge in [0.15, 0.2) is 10.8 Å². The molecule has 0 unspecified atom stereocenters. The van der Waals surface area contributed by atoms with E-state index in [1.165, 1.54) is 24.3 Å². The number of carbonyl (C=O) groups excluding carboxylic acids is 1. The summed E-state index contributed by atoms with van der Waals surface area (Å²) in [6.45, 7) is 1.42. The number of thiazole rings is 1. The second-order valence-corrected chi connectivity index (χ2v) is 4.23. The van der Waals surface area contributed by atoms with Crippen LogP contribution in [0.1, 0.15) is 16.7 Å². The van der Waals surface area contributed by atoms with E-state index in [0.29, 0.717) is 16.3 Å². The largest absolute Gasteiger partial charge is 0.292 e. The summed E-state index contributed by atoms with van der Waals surface area (Å²) in [5, 5.41) is 12.9. The van der Waals surface area contributed by atoms with Crippen LogP contribution in [0.3, 0.4) is 0 Å². The Morgan fingerprint density at radius 1 is 1.41 bits per heavy atom. The van der Waals surface area contributed by atoms with E-state index in [4.69, 9.17) is 0 Å². The molecule has 2 rings (SSSR count). The smallest absolute Gasteiger partial charge is 0.278 e. The maximum atomic E-state index is 11.1. The van der Waals surface area contributed by atoms with Gasteiger partial charge in [-0.15, -0.1) is 11.3 Å². The third kappa shape index (κ3) is 2.21. The molecule has 1 aromatic carbocycles. The molecule has 2 aromatic rings. The predicted octanol–water partition coefficient (Wildman–Crippen LogP) is 2.92. The van der Waals surface area contributed by atoms with Crippen LogP contribution in [-0.2, 0) is 0 Å². The van der Waals surface area contributed by atoms with E-state index in [2.05, 4.69) is 4.98 Å². The number of nitrogens with zero attached hydrogens (tertiary/aromatic N) is 2. The first kappa shape index (κ1) is 11.4. The van der Waals surface area contributed by atoms with Gasteiger partial charge in [-0.05, 0) is 6.07 Å². The maximum absolute atomic E-state index is 11.1. The normalized spacial score (nSPS) is 10.2. The van der Waals surface area contributed by atoms with Crippen molar-refractivity contribution in [2.24, 2.45) is 0 Å². The highest BCUT2D eigenvalue weighted by Gasteiger charge is 2.17. The summed E-state index contributed by atoms with van der Waals surface area (Å²) < 4.78 is 0. The number of nitro benzene ring substituents is 1. The van der Waals surface area contributed by atoms with Crippen molar-refractivity contribution in [2.45, 2.75) is 6.92 Å². The molecular formula is C11H8N2O3S. The molecule has 0 aliphatic rings. The zero-order valence-corrected chi connectivity index (χ0v) is 9.73. The summed E-state index contributed by atoms with van der Waals surface area (Å²) in [4.78, 5) is 25.6. The van der Waals surface area contributed by atoms with Gasteiger partial charge in [0.1, 0.15) is 0 Å². The standard InChI is InChI=1S/C11H8N2O3S/c1-7(14)11-12-9(6-17-11)8-4-2-3-5-10(8)13(15)16/h2-6H,1H3. The Morgan fingerprint density at radius 2 is 2.12 bits per heavy atom. The summed E-state index contributed by atoms with van der Waals surface area (Å²) in [5.74, 6) is -0.139. The lowest BCUT2D eigenvalue weighted by atomic mass is 10.1. The van der Waals surface area contributed by atoms with Gasteiger partial charge in [-0.2, -0.15) is 0 Å². The van der Waals surface area contributed by atoms with Crippen molar-refractivity contribution in [1.82, 2.24) is 4.98 Å². The van der Waals surface area contributed by atoms with Crippen LogP contribution >= 0.6 is 11.3 Å². The molecule has 0 saturated heterocycles. The van der Waals surface area contributed by atoms with Crippen LogP contribution < -0.4 is 0 Å². The Bertz CT molecular complexity index is 592. The molecule has 0 N–H and O–H groups in total. The third-order valence-electron chi connectivity index (χ3n) is 2.18. The van der Waals surface area contributed by atoms with Crippen molar-refractivity contribution in [2.75, 3.05) is 0 Å². The summed E-state index contributed by atoms with van der Waals surface area (Å²) in [7, 11) is 0. The average Bonchev–Trinajstić information content (AvgIpc) is 2.78. The summed E-state index contributed by atoms with van der Waals surface area (Å²) in [6.07, 6.45) is 0. The van der Waals surface area contributed by atoms with Gasteiger partial charge in [-0.25, -0.2) is 4.98 Å². The minimum atomic E-state index is -0.456. The van der Waals surface area contributed by atoms with Crippen LogP contribution in [0.5, 0.6) is 0 Å². The van der Waals surface area contributed by atoms with E-state index in [1.54, 1.807) is 23.6 Å². The molecule has 0 bridgehead atoms. The highest BCUT2D eigenvalue weighted by Crippen LogP contribution is 2.30. The van der Waals surface area contributed by atoms with Gasteiger partial charge in [0, 0.05) is 18.4 Å². The number of rotatable bonds is 3. The number of aromatic nitrogens is 1. The van der Waals surface area contributed by atoms with Crippen molar-refractivity contribution < 1.29 is 9.72 Å². The van der Waals surface area contributed by atoms with Crippen molar-refractivity contribution in [3.63, 3.8) is 0 Å². The molecular weight excluding hydrogens is 240 g/mol. The van der Waals surface area contributed by atoms with Crippen LogP contribution in [0, 0.1) is 10.1 Å². The molecule has 6 heteroatoms. The minimum absolute atomic E-state index is 0.00657. The highest BCUT2D eigenvalue weighted by molar-refractivity contribution is 7.12. The Kier molecular flexibility index (Phi) is 2.97. The van der Waals surface area contributed by atoms with Gasteiger partial charge < -0.3 is 0 Å². The number of benzene rings is 1. The summed E-state index contributed by atoms with van der Waals surface area (Å²) in [6, 6.07) is 6.34. The van der Waals surface area contributed by atoms with E-state index in [0.717, 1.165) is 0 Å². The fourth-order valence-corrected chi connectivity index (χ4v) is 2.13. The van der Waals surface area contributed by atoms with Crippen molar-refractivity contribution in [3.8, 4) is 11.3 Å². The number of carbonyl (C=O) groups is 1. The quantitative estimate of drug-likeness (QED) is 0.475. The highest BCUT2D eigenvalue weighted by atomic mass is 32.1. The van der Waals surface area contributed by atoms with Crippen molar-refractivity contribution in [1.29, 1.82) is 0 Å². The molecule has 0 aliphatic carbocycles. The number of nitro groups is 1. The number of Topliss-reactive ketones (excluding diaryl/α,β-unsaturated/α-hetero) is 1. The number of ketones is 1. The van der Waals surface area contributed by atoms with Crippen molar-refractivity contribution in [3.05, 3.63) is 44.8 Å². The van der Waals surface area contributed by atoms with E-state index in [1.807, 2.05) is 0 Å². The van der Waals surface area contributed by atoms with Crippen LogP contribution in [0.2, 0.25) is 0 Å². The van der Waals surface area contributed by atoms with E-state index >= 15 is 0 Å². The fraction of sp³-hybridized carbons (Fsp3) is 0.0909. The molecule has 0 aliphatic heterocycles. The Balaban J connectivity index is 2.52. The van der Waals surface area contributed by atoms with Gasteiger partial charge >= 0.3 is 0 Å². The minimum Gasteiger partial charge on any atom is -0.292 e. The van der Waals surface area contributed by atoms with E-state index in [9.17, 15) is 14.9 Å². The monoisotopic (exact) mass is 248 g/mol. The molecule has 0 atom stereocenters. The van der Waals surface area contributed by atoms with Gasteiger partial charge in [0.2, 0.25) is 0 Å². The first-order valence-electron chi connectivity index (χ1n) is 4.80. The second-order valence-electron chi connectivity index (χ2n) is 3.37. The Hall–Kier alpha value is -2.08. The summed E-state index contributed by atoms with van der Waals surface area (Å²) >= 11 is 1.19. The molecule has 17 heavy (non-hydrogen) atoms. The number of hydrogen-bond acceptors (Lipinski definition) is 5. The topological polar surface area (TPSA) is 73.1 Å². The van der Waals surface area contributed by atoms with Crippen LogP contribution in [0.4, 0.5) is 5.69 Å². The van der Waals surface area contributed by atoms with E-state index < -0.39 is 4.92 Å². The molecule has 1 aromatic heterocycles.